The highest BCUT2D eigenvalue weighted by molar-refractivity contribution is 6.31. The smallest absolute Gasteiger partial charge is 0.331 e. The molecule has 0 aliphatic rings. The molecule has 0 saturated carbocycles. The highest BCUT2D eigenvalue weighted by atomic mass is 35.5. The first-order valence-electron chi connectivity index (χ1n) is 5.31. The van der Waals surface area contributed by atoms with Gasteiger partial charge in [0, 0.05) is 21.9 Å². The van der Waals surface area contributed by atoms with Crippen LogP contribution in [0, 0.1) is 6.92 Å². The first-order chi connectivity index (χ1) is 8.34. The number of anilines is 1. The van der Waals surface area contributed by atoms with Crippen molar-refractivity contribution >= 4 is 29.2 Å². The fourth-order valence-electron chi connectivity index (χ4n) is 1.29. The summed E-state index contributed by atoms with van der Waals surface area (Å²) < 4.78 is 0. The van der Waals surface area contributed by atoms with Gasteiger partial charge in [-0.05, 0) is 38.5 Å². The lowest BCUT2D eigenvalue weighted by Gasteiger charge is -2.10. The number of carbonyl (C=O) groups excluding carboxylic acids is 1. The second kappa shape index (κ2) is 5.69. The summed E-state index contributed by atoms with van der Waals surface area (Å²) in [5.41, 5.74) is 1.51. The molecule has 96 valence electrons. The number of nitrogens with one attached hydrogen (secondary N) is 1. The summed E-state index contributed by atoms with van der Waals surface area (Å²) in [4.78, 5) is 22.6. The van der Waals surface area contributed by atoms with Crippen molar-refractivity contribution in [3.05, 3.63) is 39.9 Å². The van der Waals surface area contributed by atoms with Gasteiger partial charge in [-0.1, -0.05) is 17.7 Å². The molecule has 0 aliphatic heterocycles. The van der Waals surface area contributed by atoms with Gasteiger partial charge in [0.15, 0.2) is 0 Å². The zero-order chi connectivity index (χ0) is 13.9. The SMILES string of the molecule is CC(C(=O)O)=C(C)C(=O)Nc1cccc(Cl)c1C. The molecule has 4 nitrogen and oxygen atoms in total. The number of carboxylic acids is 1. The van der Waals surface area contributed by atoms with Crippen molar-refractivity contribution in [3.63, 3.8) is 0 Å². The van der Waals surface area contributed by atoms with Crippen LogP contribution in [-0.2, 0) is 9.59 Å². The molecule has 1 aromatic carbocycles. The second-order valence-electron chi connectivity index (χ2n) is 3.92. The third-order valence-corrected chi connectivity index (χ3v) is 3.15. The van der Waals surface area contributed by atoms with Crippen molar-refractivity contribution in [1.29, 1.82) is 0 Å². The number of carbonyl (C=O) groups is 2. The van der Waals surface area contributed by atoms with E-state index in [1.54, 1.807) is 25.1 Å². The first-order valence-corrected chi connectivity index (χ1v) is 5.69. The molecule has 1 amide bonds. The minimum Gasteiger partial charge on any atom is -0.478 e. The van der Waals surface area contributed by atoms with Crippen molar-refractivity contribution in [1.82, 2.24) is 0 Å². The van der Waals surface area contributed by atoms with Crippen LogP contribution in [-0.4, -0.2) is 17.0 Å². The van der Waals surface area contributed by atoms with E-state index in [0.717, 1.165) is 5.56 Å². The van der Waals surface area contributed by atoms with E-state index in [4.69, 9.17) is 16.7 Å². The maximum absolute atomic E-state index is 11.8. The lowest BCUT2D eigenvalue weighted by Crippen LogP contribution is -2.16. The molecule has 2 N–H and O–H groups in total. The van der Waals surface area contributed by atoms with E-state index in [2.05, 4.69) is 5.32 Å². The average Bonchev–Trinajstić information content (AvgIpc) is 2.32. The molecule has 1 aromatic rings. The van der Waals surface area contributed by atoms with E-state index >= 15 is 0 Å². The summed E-state index contributed by atoms with van der Waals surface area (Å²) in [5.74, 6) is -1.55. The molecule has 0 saturated heterocycles. The van der Waals surface area contributed by atoms with Crippen molar-refractivity contribution < 1.29 is 14.7 Å². The number of carboxylic acid groups (broad SMARTS) is 1. The zero-order valence-electron chi connectivity index (χ0n) is 10.4. The fourth-order valence-corrected chi connectivity index (χ4v) is 1.46. The van der Waals surface area contributed by atoms with Gasteiger partial charge in [-0.15, -0.1) is 0 Å². The van der Waals surface area contributed by atoms with Crippen LogP contribution in [0.5, 0.6) is 0 Å². The Hall–Kier alpha value is -1.81. The Morgan fingerprint density at radius 1 is 1.22 bits per heavy atom. The predicted octanol–water partition coefficient (Wildman–Crippen LogP) is 3.01. The molecular weight excluding hydrogens is 254 g/mol. The Bertz CT molecular complexity index is 535. The molecule has 0 bridgehead atoms. The van der Waals surface area contributed by atoms with Crippen molar-refractivity contribution in [2.75, 3.05) is 5.32 Å². The van der Waals surface area contributed by atoms with Crippen LogP contribution in [0.3, 0.4) is 0 Å². The number of aliphatic carboxylic acids is 1. The summed E-state index contributed by atoms with van der Waals surface area (Å²) in [6, 6.07) is 5.15. The normalized spacial score (nSPS) is 11.8. The lowest BCUT2D eigenvalue weighted by atomic mass is 10.1. The van der Waals surface area contributed by atoms with E-state index in [0.29, 0.717) is 10.7 Å². The van der Waals surface area contributed by atoms with E-state index in [9.17, 15) is 9.59 Å². The van der Waals surface area contributed by atoms with Crippen molar-refractivity contribution in [3.8, 4) is 0 Å². The summed E-state index contributed by atoms with van der Waals surface area (Å²) in [6.45, 7) is 4.64. The van der Waals surface area contributed by atoms with Crippen LogP contribution in [0.1, 0.15) is 19.4 Å². The van der Waals surface area contributed by atoms with Crippen molar-refractivity contribution in [2.24, 2.45) is 0 Å². The molecule has 5 heteroatoms. The first kappa shape index (κ1) is 14.3. The number of rotatable bonds is 3. The van der Waals surface area contributed by atoms with Gasteiger partial charge in [0.05, 0.1) is 0 Å². The summed E-state index contributed by atoms with van der Waals surface area (Å²) >= 11 is 5.93. The van der Waals surface area contributed by atoms with Gasteiger partial charge >= 0.3 is 5.97 Å². The maximum atomic E-state index is 11.8. The van der Waals surface area contributed by atoms with Crippen LogP contribution < -0.4 is 5.32 Å². The molecule has 0 aliphatic carbocycles. The highest BCUT2D eigenvalue weighted by Crippen LogP contribution is 2.23. The van der Waals surface area contributed by atoms with Crippen LogP contribution in [0.25, 0.3) is 0 Å². The van der Waals surface area contributed by atoms with Gasteiger partial charge in [-0.25, -0.2) is 4.79 Å². The van der Waals surface area contributed by atoms with Gasteiger partial charge in [-0.2, -0.15) is 0 Å². The van der Waals surface area contributed by atoms with Gasteiger partial charge in [-0.3, -0.25) is 4.79 Å². The van der Waals surface area contributed by atoms with E-state index in [1.807, 2.05) is 0 Å². The van der Waals surface area contributed by atoms with Gasteiger partial charge < -0.3 is 10.4 Å². The topological polar surface area (TPSA) is 66.4 Å². The molecular formula is C13H14ClNO3. The largest absolute Gasteiger partial charge is 0.478 e. The maximum Gasteiger partial charge on any atom is 0.331 e. The number of hydrogen-bond acceptors (Lipinski definition) is 2. The Morgan fingerprint density at radius 2 is 1.83 bits per heavy atom. The number of halogens is 1. The van der Waals surface area contributed by atoms with Crippen LogP contribution in [0.15, 0.2) is 29.3 Å². The van der Waals surface area contributed by atoms with E-state index in [1.165, 1.54) is 13.8 Å². The summed E-state index contributed by atoms with van der Waals surface area (Å²) in [5, 5.41) is 12.0. The Morgan fingerprint density at radius 3 is 2.39 bits per heavy atom. The molecule has 0 fully saturated rings. The molecule has 18 heavy (non-hydrogen) atoms. The standard InChI is InChI=1S/C13H14ClNO3/c1-7(8(2)13(17)18)12(16)15-11-6-4-5-10(14)9(11)3/h4-6H,1-3H3,(H,15,16)(H,17,18). The van der Waals surface area contributed by atoms with Crippen LogP contribution in [0.4, 0.5) is 5.69 Å². The van der Waals surface area contributed by atoms with Gasteiger partial charge in [0.1, 0.15) is 0 Å². The number of hydrogen-bond donors (Lipinski definition) is 2. The van der Waals surface area contributed by atoms with Crippen LogP contribution >= 0.6 is 11.6 Å². The average molecular weight is 268 g/mol. The second-order valence-corrected chi connectivity index (χ2v) is 4.33. The molecule has 1 rings (SSSR count). The highest BCUT2D eigenvalue weighted by Gasteiger charge is 2.13. The van der Waals surface area contributed by atoms with Crippen LogP contribution in [0.2, 0.25) is 5.02 Å². The summed E-state index contributed by atoms with van der Waals surface area (Å²) in [7, 11) is 0. The minimum absolute atomic E-state index is 0.0205. The molecule has 0 spiro atoms. The van der Waals surface area contributed by atoms with Crippen molar-refractivity contribution in [2.45, 2.75) is 20.8 Å². The van der Waals surface area contributed by atoms with Gasteiger partial charge in [0.2, 0.25) is 0 Å². The molecule has 0 radical (unpaired) electrons. The molecule has 0 heterocycles. The monoisotopic (exact) mass is 267 g/mol. The fraction of sp³-hybridized carbons (Fsp3) is 0.231. The third-order valence-electron chi connectivity index (χ3n) is 2.74. The Labute approximate surface area is 110 Å². The zero-order valence-corrected chi connectivity index (χ0v) is 11.1. The number of benzene rings is 1. The van der Waals surface area contributed by atoms with E-state index in [-0.39, 0.29) is 11.1 Å². The minimum atomic E-state index is -1.11. The third kappa shape index (κ3) is 3.11. The molecule has 0 unspecified atom stereocenters. The molecule has 0 aromatic heterocycles. The van der Waals surface area contributed by atoms with Gasteiger partial charge in [0.25, 0.3) is 5.91 Å². The lowest BCUT2D eigenvalue weighted by molar-refractivity contribution is -0.133. The summed E-state index contributed by atoms with van der Waals surface area (Å²) in [6.07, 6.45) is 0. The molecule has 0 atom stereocenters. The van der Waals surface area contributed by atoms with E-state index < -0.39 is 11.9 Å². The predicted molar refractivity (Wildman–Crippen MR) is 70.8 cm³/mol. The number of amides is 1. The Balaban J connectivity index is 2.99. The quantitative estimate of drug-likeness (QED) is 0.828. The Kier molecular flexibility index (Phi) is 4.50.